The van der Waals surface area contributed by atoms with E-state index in [1.807, 2.05) is 6.92 Å². The number of rotatable bonds is 4. The molecule has 0 unspecified atom stereocenters. The van der Waals surface area contributed by atoms with Crippen molar-refractivity contribution >= 4 is 51.1 Å². The SMILES string of the molecule is Cc1ccc(NC(=O)COC(=O)[C@@H]2[C@H]3C[C@H]4[C@H](OC(=O)[C@@H]42)[C@@H]3Br)cc1Cl. The Morgan fingerprint density at radius 3 is 2.88 bits per heavy atom. The number of halogens is 2. The van der Waals surface area contributed by atoms with Crippen molar-refractivity contribution in [2.75, 3.05) is 11.9 Å². The van der Waals surface area contributed by atoms with Crippen LogP contribution < -0.4 is 5.32 Å². The molecule has 2 aliphatic carbocycles. The highest BCUT2D eigenvalue weighted by Crippen LogP contribution is 2.60. The summed E-state index contributed by atoms with van der Waals surface area (Å²) in [5.74, 6) is -2.21. The lowest BCUT2D eigenvalue weighted by Crippen LogP contribution is -2.39. The summed E-state index contributed by atoms with van der Waals surface area (Å²) in [6.45, 7) is 1.46. The number of anilines is 1. The number of benzene rings is 1. The molecule has 1 saturated heterocycles. The van der Waals surface area contributed by atoms with Crippen LogP contribution in [0.25, 0.3) is 0 Å². The van der Waals surface area contributed by atoms with Crippen molar-refractivity contribution < 1.29 is 23.9 Å². The molecule has 2 bridgehead atoms. The zero-order chi connectivity index (χ0) is 18.6. The Morgan fingerprint density at radius 2 is 2.15 bits per heavy atom. The minimum Gasteiger partial charge on any atom is -0.461 e. The van der Waals surface area contributed by atoms with Crippen molar-refractivity contribution in [3.63, 3.8) is 0 Å². The monoisotopic (exact) mass is 441 g/mol. The molecule has 1 N–H and O–H groups in total. The smallest absolute Gasteiger partial charge is 0.310 e. The normalized spacial score (nSPS) is 33.9. The van der Waals surface area contributed by atoms with Crippen LogP contribution in [0.2, 0.25) is 5.02 Å². The third-order valence-electron chi connectivity index (χ3n) is 5.60. The molecule has 0 spiro atoms. The van der Waals surface area contributed by atoms with E-state index in [1.54, 1.807) is 18.2 Å². The average molecular weight is 443 g/mol. The van der Waals surface area contributed by atoms with Crippen LogP contribution in [0, 0.1) is 30.6 Å². The predicted molar refractivity (Wildman–Crippen MR) is 96.9 cm³/mol. The fraction of sp³-hybridized carbons (Fsp3) is 0.500. The number of hydrogen-bond donors (Lipinski definition) is 1. The second-order valence-electron chi connectivity index (χ2n) is 7.08. The van der Waals surface area contributed by atoms with E-state index in [0.717, 1.165) is 12.0 Å². The van der Waals surface area contributed by atoms with Gasteiger partial charge in [-0.1, -0.05) is 33.6 Å². The van der Waals surface area contributed by atoms with E-state index in [9.17, 15) is 14.4 Å². The Balaban J connectivity index is 1.36. The highest BCUT2D eigenvalue weighted by molar-refractivity contribution is 9.09. The number of ether oxygens (including phenoxy) is 2. The molecule has 6 nitrogen and oxygen atoms in total. The summed E-state index contributed by atoms with van der Waals surface area (Å²) in [6.07, 6.45) is 0.626. The summed E-state index contributed by atoms with van der Waals surface area (Å²) < 4.78 is 10.6. The van der Waals surface area contributed by atoms with Crippen molar-refractivity contribution in [1.82, 2.24) is 0 Å². The molecular weight excluding hydrogens is 426 g/mol. The van der Waals surface area contributed by atoms with Crippen LogP contribution in [0.1, 0.15) is 12.0 Å². The van der Waals surface area contributed by atoms with Crippen LogP contribution >= 0.6 is 27.5 Å². The van der Waals surface area contributed by atoms with Gasteiger partial charge >= 0.3 is 11.9 Å². The first-order chi connectivity index (χ1) is 12.4. The summed E-state index contributed by atoms with van der Waals surface area (Å²) in [5.41, 5.74) is 1.43. The van der Waals surface area contributed by atoms with Crippen molar-refractivity contribution in [1.29, 1.82) is 0 Å². The summed E-state index contributed by atoms with van der Waals surface area (Å²) in [6, 6.07) is 5.15. The quantitative estimate of drug-likeness (QED) is 0.573. The maximum atomic E-state index is 12.5. The number of esters is 2. The van der Waals surface area contributed by atoms with E-state index in [0.29, 0.717) is 10.7 Å². The van der Waals surface area contributed by atoms with Gasteiger partial charge in [0.1, 0.15) is 6.10 Å². The fourth-order valence-corrected chi connectivity index (χ4v) is 5.62. The maximum absolute atomic E-state index is 12.5. The molecule has 1 aromatic rings. The molecule has 0 aromatic heterocycles. The minimum atomic E-state index is -0.544. The topological polar surface area (TPSA) is 81.7 Å². The van der Waals surface area contributed by atoms with Crippen LogP contribution in [0.3, 0.4) is 0 Å². The molecule has 0 radical (unpaired) electrons. The van der Waals surface area contributed by atoms with E-state index in [-0.39, 0.29) is 28.7 Å². The van der Waals surface area contributed by atoms with Gasteiger partial charge in [-0.25, -0.2) is 0 Å². The van der Waals surface area contributed by atoms with Gasteiger partial charge in [-0.3, -0.25) is 14.4 Å². The van der Waals surface area contributed by atoms with Gasteiger partial charge in [-0.05, 0) is 37.0 Å². The third kappa shape index (κ3) is 2.81. The zero-order valence-corrected chi connectivity index (χ0v) is 16.2. The average Bonchev–Trinajstić information content (AvgIpc) is 3.20. The second kappa shape index (κ2) is 6.53. The molecule has 1 aliphatic heterocycles. The van der Waals surface area contributed by atoms with E-state index >= 15 is 0 Å². The summed E-state index contributed by atoms with van der Waals surface area (Å²) in [4.78, 5) is 36.6. The van der Waals surface area contributed by atoms with Gasteiger partial charge < -0.3 is 14.8 Å². The molecule has 4 rings (SSSR count). The first kappa shape index (κ1) is 17.8. The molecule has 1 amide bonds. The number of carbonyl (C=O) groups excluding carboxylic acids is 3. The number of nitrogens with one attached hydrogen (secondary N) is 1. The van der Waals surface area contributed by atoms with Gasteiger partial charge in [0, 0.05) is 16.6 Å². The Morgan fingerprint density at radius 1 is 1.38 bits per heavy atom. The second-order valence-corrected chi connectivity index (χ2v) is 8.55. The van der Waals surface area contributed by atoms with Crippen molar-refractivity contribution in [3.05, 3.63) is 28.8 Å². The summed E-state index contributed by atoms with van der Waals surface area (Å²) in [5, 5.41) is 3.18. The van der Waals surface area contributed by atoms with Crippen LogP contribution in [-0.4, -0.2) is 35.4 Å². The first-order valence-corrected chi connectivity index (χ1v) is 9.73. The van der Waals surface area contributed by atoms with E-state index in [4.69, 9.17) is 21.1 Å². The van der Waals surface area contributed by atoms with Gasteiger partial charge in [-0.2, -0.15) is 0 Å². The Kier molecular flexibility index (Phi) is 4.47. The van der Waals surface area contributed by atoms with Gasteiger partial charge in [0.15, 0.2) is 6.61 Å². The molecule has 2 saturated carbocycles. The van der Waals surface area contributed by atoms with E-state index in [1.165, 1.54) is 0 Å². The number of aryl methyl sites for hydroxylation is 1. The van der Waals surface area contributed by atoms with Gasteiger partial charge in [0.05, 0.1) is 16.7 Å². The molecule has 138 valence electrons. The number of hydrogen-bond acceptors (Lipinski definition) is 5. The highest BCUT2D eigenvalue weighted by Gasteiger charge is 2.68. The Bertz CT molecular complexity index is 800. The van der Waals surface area contributed by atoms with E-state index < -0.39 is 30.3 Å². The van der Waals surface area contributed by atoms with E-state index in [2.05, 4.69) is 21.2 Å². The standard InChI is InChI=1S/C18H17BrClNO5/c1-7-2-3-8(4-11(7)20)21-12(22)6-25-17(23)13-9-5-10-14(13)18(24)26-16(10)15(9)19/h2-4,9-10,13-16H,5-6H2,1H3,(H,21,22)/t9-,10-,13-,14+,15-,16+/m1/s1. The van der Waals surface area contributed by atoms with Crippen LogP contribution in [0.4, 0.5) is 5.69 Å². The van der Waals surface area contributed by atoms with Crippen molar-refractivity contribution in [2.24, 2.45) is 23.7 Å². The number of fused-ring (bicyclic) bond motifs is 1. The number of carbonyl (C=O) groups is 3. The minimum absolute atomic E-state index is 0.00733. The largest absolute Gasteiger partial charge is 0.461 e. The number of alkyl halides is 1. The van der Waals surface area contributed by atoms with Crippen LogP contribution in [0.5, 0.6) is 0 Å². The zero-order valence-electron chi connectivity index (χ0n) is 13.9. The van der Waals surface area contributed by atoms with Crippen LogP contribution in [0.15, 0.2) is 18.2 Å². The van der Waals surface area contributed by atoms with Crippen LogP contribution in [-0.2, 0) is 23.9 Å². The summed E-state index contributed by atoms with van der Waals surface area (Å²) >= 11 is 9.57. The van der Waals surface area contributed by atoms with Gasteiger partial charge in [0.2, 0.25) is 0 Å². The first-order valence-electron chi connectivity index (χ1n) is 8.44. The third-order valence-corrected chi connectivity index (χ3v) is 7.20. The number of amides is 1. The molecule has 8 heteroatoms. The lowest BCUT2D eigenvalue weighted by molar-refractivity contribution is -0.157. The molecule has 3 aliphatic rings. The Hall–Kier alpha value is -1.60. The van der Waals surface area contributed by atoms with Gasteiger partial charge in [-0.15, -0.1) is 0 Å². The molecule has 6 atom stereocenters. The molecule has 3 fully saturated rings. The Labute approximate surface area is 163 Å². The predicted octanol–water partition coefficient (Wildman–Crippen LogP) is 2.70. The lowest BCUT2D eigenvalue weighted by atomic mass is 9.80. The molecule has 1 heterocycles. The maximum Gasteiger partial charge on any atom is 0.310 e. The summed E-state index contributed by atoms with van der Waals surface area (Å²) in [7, 11) is 0. The van der Waals surface area contributed by atoms with Crippen molar-refractivity contribution in [3.8, 4) is 0 Å². The van der Waals surface area contributed by atoms with Crippen molar-refractivity contribution in [2.45, 2.75) is 24.3 Å². The lowest BCUT2D eigenvalue weighted by Gasteiger charge is -2.26. The molecular formula is C18H17BrClNO5. The highest BCUT2D eigenvalue weighted by atomic mass is 79.9. The fourth-order valence-electron chi connectivity index (χ4n) is 4.39. The molecule has 26 heavy (non-hydrogen) atoms. The van der Waals surface area contributed by atoms with Gasteiger partial charge in [0.25, 0.3) is 5.91 Å². The molecule has 1 aromatic carbocycles.